The molecular weight excluding hydrogens is 294 g/mol. The van der Waals surface area contributed by atoms with E-state index in [1.54, 1.807) is 6.07 Å². The summed E-state index contributed by atoms with van der Waals surface area (Å²) in [5.74, 6) is -0.396. The number of nitrogens with one attached hydrogen (secondary N) is 2. The van der Waals surface area contributed by atoms with Crippen LogP contribution in [0.3, 0.4) is 0 Å². The SMILES string of the molecule is CCc1cc(C(=O)NS(=O)(=O)c2cccc(OC)c2)n[nH]1. The minimum Gasteiger partial charge on any atom is -0.497 e. The van der Waals surface area contributed by atoms with Crippen LogP contribution in [0.5, 0.6) is 5.75 Å². The van der Waals surface area contributed by atoms with Crippen LogP contribution in [0.2, 0.25) is 0 Å². The van der Waals surface area contributed by atoms with Crippen molar-refractivity contribution in [1.82, 2.24) is 14.9 Å². The molecule has 2 rings (SSSR count). The summed E-state index contributed by atoms with van der Waals surface area (Å²) in [5.41, 5.74) is 0.775. The lowest BCUT2D eigenvalue weighted by molar-refractivity contribution is 0.0976. The van der Waals surface area contributed by atoms with Gasteiger partial charge >= 0.3 is 0 Å². The maximum atomic E-state index is 12.1. The van der Waals surface area contributed by atoms with Crippen LogP contribution in [0, 0.1) is 0 Å². The second kappa shape index (κ2) is 5.96. The molecule has 0 aliphatic rings. The highest BCUT2D eigenvalue weighted by molar-refractivity contribution is 7.90. The van der Waals surface area contributed by atoms with E-state index >= 15 is 0 Å². The van der Waals surface area contributed by atoms with Gasteiger partial charge in [0.2, 0.25) is 0 Å². The first-order valence-corrected chi connectivity index (χ1v) is 7.70. The van der Waals surface area contributed by atoms with Crippen molar-refractivity contribution in [2.45, 2.75) is 18.2 Å². The standard InChI is InChI=1S/C13H15N3O4S/c1-3-9-7-12(15-14-9)13(17)16-21(18,19)11-6-4-5-10(8-11)20-2/h4-8H,3H2,1-2H3,(H,14,15)(H,16,17). The number of carbonyl (C=O) groups excluding carboxylic acids is 1. The molecule has 112 valence electrons. The molecular formula is C13H15N3O4S. The van der Waals surface area contributed by atoms with E-state index in [9.17, 15) is 13.2 Å². The number of aromatic amines is 1. The van der Waals surface area contributed by atoms with Gasteiger partial charge in [0.1, 0.15) is 5.75 Å². The van der Waals surface area contributed by atoms with Gasteiger partial charge in [0.05, 0.1) is 12.0 Å². The van der Waals surface area contributed by atoms with Crippen LogP contribution in [-0.4, -0.2) is 31.6 Å². The summed E-state index contributed by atoms with van der Waals surface area (Å²) in [5, 5.41) is 6.43. The second-order valence-corrected chi connectivity index (χ2v) is 5.93. The predicted molar refractivity (Wildman–Crippen MR) is 75.6 cm³/mol. The Morgan fingerprint density at radius 1 is 1.38 bits per heavy atom. The van der Waals surface area contributed by atoms with Gasteiger partial charge in [0, 0.05) is 11.8 Å². The zero-order valence-electron chi connectivity index (χ0n) is 11.6. The largest absolute Gasteiger partial charge is 0.497 e. The Hall–Kier alpha value is -2.35. The smallest absolute Gasteiger partial charge is 0.285 e. The summed E-state index contributed by atoms with van der Waals surface area (Å²) in [4.78, 5) is 11.9. The molecule has 0 aliphatic carbocycles. The zero-order chi connectivity index (χ0) is 15.5. The molecule has 2 N–H and O–H groups in total. The third kappa shape index (κ3) is 3.40. The first kappa shape index (κ1) is 15.0. The zero-order valence-corrected chi connectivity index (χ0v) is 12.4. The number of aromatic nitrogens is 2. The van der Waals surface area contributed by atoms with Gasteiger partial charge in [-0.3, -0.25) is 9.89 Å². The average Bonchev–Trinajstić information content (AvgIpc) is 2.96. The Balaban J connectivity index is 2.22. The van der Waals surface area contributed by atoms with Crippen molar-refractivity contribution in [3.8, 4) is 5.75 Å². The van der Waals surface area contributed by atoms with Crippen molar-refractivity contribution in [2.24, 2.45) is 0 Å². The number of carbonyl (C=O) groups is 1. The lowest BCUT2D eigenvalue weighted by Gasteiger charge is -2.07. The van der Waals surface area contributed by atoms with Crippen LogP contribution in [0.4, 0.5) is 0 Å². The lowest BCUT2D eigenvalue weighted by Crippen LogP contribution is -2.30. The van der Waals surface area contributed by atoms with E-state index < -0.39 is 15.9 Å². The molecule has 2 aromatic rings. The summed E-state index contributed by atoms with van der Waals surface area (Å²) in [7, 11) is -2.54. The van der Waals surface area contributed by atoms with Gasteiger partial charge < -0.3 is 4.74 Å². The van der Waals surface area contributed by atoms with Crippen molar-refractivity contribution in [3.05, 3.63) is 41.7 Å². The van der Waals surface area contributed by atoms with E-state index in [1.165, 1.54) is 31.4 Å². The van der Waals surface area contributed by atoms with Crippen LogP contribution in [0.25, 0.3) is 0 Å². The van der Waals surface area contributed by atoms with E-state index in [1.807, 2.05) is 11.6 Å². The van der Waals surface area contributed by atoms with Gasteiger partial charge in [0.25, 0.3) is 15.9 Å². The van der Waals surface area contributed by atoms with Gasteiger partial charge in [-0.2, -0.15) is 5.10 Å². The molecule has 0 bridgehead atoms. The number of ether oxygens (including phenoxy) is 1. The Bertz CT molecular complexity index is 752. The average molecular weight is 309 g/mol. The van der Waals surface area contributed by atoms with Crippen LogP contribution in [0.15, 0.2) is 35.2 Å². The highest BCUT2D eigenvalue weighted by atomic mass is 32.2. The molecule has 8 heteroatoms. The topological polar surface area (TPSA) is 101 Å². The van der Waals surface area contributed by atoms with Crippen molar-refractivity contribution in [3.63, 3.8) is 0 Å². The molecule has 0 saturated heterocycles. The molecule has 0 aliphatic heterocycles. The van der Waals surface area contributed by atoms with Gasteiger partial charge in [-0.25, -0.2) is 13.1 Å². The molecule has 0 atom stereocenters. The van der Waals surface area contributed by atoms with Crippen LogP contribution >= 0.6 is 0 Å². The van der Waals surface area contributed by atoms with E-state index in [2.05, 4.69) is 10.2 Å². The monoisotopic (exact) mass is 309 g/mol. The Kier molecular flexibility index (Phi) is 4.27. The third-order valence-electron chi connectivity index (χ3n) is 2.82. The minimum atomic E-state index is -3.97. The van der Waals surface area contributed by atoms with E-state index in [-0.39, 0.29) is 10.6 Å². The third-order valence-corrected chi connectivity index (χ3v) is 4.15. The first-order valence-electron chi connectivity index (χ1n) is 6.21. The normalized spacial score (nSPS) is 11.1. The Labute approximate surface area is 122 Å². The highest BCUT2D eigenvalue weighted by Crippen LogP contribution is 2.17. The van der Waals surface area contributed by atoms with Crippen molar-refractivity contribution in [1.29, 1.82) is 0 Å². The summed E-state index contributed by atoms with van der Waals surface area (Å²) in [6.07, 6.45) is 0.670. The summed E-state index contributed by atoms with van der Waals surface area (Å²) >= 11 is 0. The molecule has 0 spiro atoms. The first-order chi connectivity index (χ1) is 9.96. The number of nitrogens with zero attached hydrogens (tertiary/aromatic N) is 1. The van der Waals surface area contributed by atoms with Gasteiger partial charge in [-0.1, -0.05) is 13.0 Å². The number of hydrogen-bond acceptors (Lipinski definition) is 5. The number of H-pyrrole nitrogens is 1. The fraction of sp³-hybridized carbons (Fsp3) is 0.231. The molecule has 1 amide bonds. The number of amides is 1. The maximum absolute atomic E-state index is 12.1. The van der Waals surface area contributed by atoms with Gasteiger partial charge in [0.15, 0.2) is 5.69 Å². The Morgan fingerprint density at radius 3 is 2.76 bits per heavy atom. The fourth-order valence-corrected chi connectivity index (χ4v) is 2.66. The number of hydrogen-bond donors (Lipinski definition) is 2. The van der Waals surface area contributed by atoms with Crippen molar-refractivity contribution < 1.29 is 17.9 Å². The van der Waals surface area contributed by atoms with Crippen LogP contribution in [-0.2, 0) is 16.4 Å². The quantitative estimate of drug-likeness (QED) is 0.861. The van der Waals surface area contributed by atoms with E-state index in [4.69, 9.17) is 4.74 Å². The molecule has 1 aromatic carbocycles. The molecule has 1 heterocycles. The molecule has 21 heavy (non-hydrogen) atoms. The number of rotatable bonds is 5. The molecule has 0 radical (unpaired) electrons. The van der Waals surface area contributed by atoms with Crippen molar-refractivity contribution >= 4 is 15.9 Å². The van der Waals surface area contributed by atoms with Crippen LogP contribution in [0.1, 0.15) is 23.1 Å². The van der Waals surface area contributed by atoms with Crippen molar-refractivity contribution in [2.75, 3.05) is 7.11 Å². The maximum Gasteiger partial charge on any atom is 0.285 e. The van der Waals surface area contributed by atoms with E-state index in [0.29, 0.717) is 12.2 Å². The molecule has 7 nitrogen and oxygen atoms in total. The summed E-state index contributed by atoms with van der Waals surface area (Å²) in [6, 6.07) is 7.36. The number of sulfonamides is 1. The fourth-order valence-electron chi connectivity index (χ4n) is 1.66. The van der Waals surface area contributed by atoms with Gasteiger partial charge in [-0.05, 0) is 24.6 Å². The molecule has 0 unspecified atom stereocenters. The second-order valence-electron chi connectivity index (χ2n) is 4.25. The summed E-state index contributed by atoms with van der Waals surface area (Å²) < 4.78 is 31.2. The Morgan fingerprint density at radius 2 is 2.14 bits per heavy atom. The number of aryl methyl sites for hydroxylation is 1. The highest BCUT2D eigenvalue weighted by Gasteiger charge is 2.20. The van der Waals surface area contributed by atoms with E-state index in [0.717, 1.165) is 5.69 Å². The molecule has 0 fully saturated rings. The summed E-state index contributed by atoms with van der Waals surface area (Å²) in [6.45, 7) is 1.89. The lowest BCUT2D eigenvalue weighted by atomic mass is 10.3. The molecule has 1 aromatic heterocycles. The predicted octanol–water partition coefficient (Wildman–Crippen LogP) is 1.10. The number of benzene rings is 1. The minimum absolute atomic E-state index is 0.0262. The van der Waals surface area contributed by atoms with Crippen LogP contribution < -0.4 is 9.46 Å². The molecule has 0 saturated carbocycles. The van der Waals surface area contributed by atoms with Gasteiger partial charge in [-0.15, -0.1) is 0 Å². The number of methoxy groups -OCH3 is 1.